The molecular formula is C7H11ClO3. The van der Waals surface area contributed by atoms with Gasteiger partial charge in [-0.1, -0.05) is 0 Å². The van der Waals surface area contributed by atoms with Gasteiger partial charge in [-0.15, -0.1) is 11.6 Å². The molecule has 1 fully saturated rings. The molecule has 4 heteroatoms. The predicted molar refractivity (Wildman–Crippen MR) is 40.4 cm³/mol. The molecule has 2 atom stereocenters. The highest BCUT2D eigenvalue weighted by atomic mass is 35.5. The molecule has 1 aliphatic rings. The summed E-state index contributed by atoms with van der Waals surface area (Å²) < 4.78 is 9.94. The van der Waals surface area contributed by atoms with Gasteiger partial charge in [-0.25, -0.2) is 0 Å². The molecule has 1 aliphatic heterocycles. The van der Waals surface area contributed by atoms with Crippen molar-refractivity contribution in [3.8, 4) is 0 Å². The number of halogens is 1. The summed E-state index contributed by atoms with van der Waals surface area (Å²) in [6.07, 6.45) is 1.24. The van der Waals surface area contributed by atoms with Gasteiger partial charge in [0.1, 0.15) is 0 Å². The van der Waals surface area contributed by atoms with Crippen molar-refractivity contribution in [1.82, 2.24) is 0 Å². The third kappa shape index (κ3) is 2.67. The molecule has 0 aromatic heterocycles. The molecule has 0 bridgehead atoms. The fourth-order valence-corrected chi connectivity index (χ4v) is 1.27. The monoisotopic (exact) mass is 178 g/mol. The van der Waals surface area contributed by atoms with Crippen LogP contribution < -0.4 is 0 Å². The molecule has 0 radical (unpaired) electrons. The minimum absolute atomic E-state index is 0.187. The molecule has 0 N–H and O–H groups in total. The maximum Gasteiger partial charge on any atom is 0.304 e. The molecule has 0 aromatic rings. The van der Waals surface area contributed by atoms with E-state index in [1.165, 1.54) is 6.92 Å². The molecule has 0 aromatic carbocycles. The first-order valence-electron chi connectivity index (χ1n) is 3.63. The lowest BCUT2D eigenvalue weighted by atomic mass is 10.2. The second kappa shape index (κ2) is 3.93. The number of hydrogen-bond acceptors (Lipinski definition) is 3. The van der Waals surface area contributed by atoms with Crippen molar-refractivity contribution >= 4 is 17.6 Å². The van der Waals surface area contributed by atoms with Crippen LogP contribution in [0.1, 0.15) is 19.8 Å². The Morgan fingerprint density at radius 2 is 2.45 bits per heavy atom. The standard InChI is InChI=1S/C7H11ClO3/c1-5(9)11-7-6(8)3-2-4-10-7/h6-7H,2-4H2,1H3/t6-,7+/m0/s1. The maximum absolute atomic E-state index is 10.5. The van der Waals surface area contributed by atoms with Crippen molar-refractivity contribution in [2.75, 3.05) is 6.61 Å². The van der Waals surface area contributed by atoms with Gasteiger partial charge in [0.2, 0.25) is 6.29 Å². The number of alkyl halides is 1. The minimum Gasteiger partial charge on any atom is -0.434 e. The van der Waals surface area contributed by atoms with Gasteiger partial charge in [0.15, 0.2) is 0 Å². The minimum atomic E-state index is -0.539. The first-order chi connectivity index (χ1) is 5.20. The lowest BCUT2D eigenvalue weighted by molar-refractivity contribution is -0.182. The Balaban J connectivity index is 2.35. The van der Waals surface area contributed by atoms with Crippen LogP contribution in [0.2, 0.25) is 0 Å². The van der Waals surface area contributed by atoms with Gasteiger partial charge in [-0.05, 0) is 12.8 Å². The van der Waals surface area contributed by atoms with Crippen molar-refractivity contribution in [3.63, 3.8) is 0 Å². The molecule has 0 saturated carbocycles. The molecule has 0 amide bonds. The molecule has 0 aliphatic carbocycles. The SMILES string of the molecule is CC(=O)O[C@H]1OCCC[C@@H]1Cl. The summed E-state index contributed by atoms with van der Waals surface area (Å²) >= 11 is 5.82. The summed E-state index contributed by atoms with van der Waals surface area (Å²) in [6.45, 7) is 1.97. The Morgan fingerprint density at radius 3 is 3.00 bits per heavy atom. The second-order valence-corrected chi connectivity index (χ2v) is 3.07. The lowest BCUT2D eigenvalue weighted by Crippen LogP contribution is -2.33. The van der Waals surface area contributed by atoms with Crippen LogP contribution >= 0.6 is 11.6 Å². The average Bonchev–Trinajstić information content (AvgIpc) is 1.93. The van der Waals surface area contributed by atoms with Crippen LogP contribution in [0.4, 0.5) is 0 Å². The summed E-state index contributed by atoms with van der Waals surface area (Å²) in [4.78, 5) is 10.5. The predicted octanol–water partition coefficient (Wildman–Crippen LogP) is 1.29. The van der Waals surface area contributed by atoms with Crippen LogP contribution in [-0.4, -0.2) is 24.2 Å². The molecule has 64 valence electrons. The smallest absolute Gasteiger partial charge is 0.304 e. The summed E-state index contributed by atoms with van der Waals surface area (Å²) in [5.41, 5.74) is 0. The van der Waals surface area contributed by atoms with Gasteiger partial charge in [0.05, 0.1) is 12.0 Å². The summed E-state index contributed by atoms with van der Waals surface area (Å²) in [7, 11) is 0. The summed E-state index contributed by atoms with van der Waals surface area (Å²) in [6, 6.07) is 0. The first-order valence-corrected chi connectivity index (χ1v) is 4.06. The van der Waals surface area contributed by atoms with Gasteiger partial charge >= 0.3 is 5.97 Å². The van der Waals surface area contributed by atoms with Crippen molar-refractivity contribution < 1.29 is 14.3 Å². The number of carbonyl (C=O) groups excluding carboxylic acids is 1. The largest absolute Gasteiger partial charge is 0.434 e. The van der Waals surface area contributed by atoms with Crippen molar-refractivity contribution in [2.24, 2.45) is 0 Å². The van der Waals surface area contributed by atoms with Gasteiger partial charge in [-0.2, -0.15) is 0 Å². The fourth-order valence-electron chi connectivity index (χ4n) is 0.990. The van der Waals surface area contributed by atoms with Crippen molar-refractivity contribution in [2.45, 2.75) is 31.4 Å². The van der Waals surface area contributed by atoms with Crippen molar-refractivity contribution in [1.29, 1.82) is 0 Å². The van der Waals surface area contributed by atoms with Crippen LogP contribution in [0.25, 0.3) is 0 Å². The highest BCUT2D eigenvalue weighted by molar-refractivity contribution is 6.21. The first kappa shape index (κ1) is 8.81. The van der Waals surface area contributed by atoms with Gasteiger partial charge in [-0.3, -0.25) is 4.79 Å². The normalized spacial score (nSPS) is 31.5. The number of ether oxygens (including phenoxy) is 2. The Labute approximate surface area is 70.6 Å². The van der Waals surface area contributed by atoms with E-state index in [1.807, 2.05) is 0 Å². The van der Waals surface area contributed by atoms with E-state index in [0.717, 1.165) is 12.8 Å². The molecule has 11 heavy (non-hydrogen) atoms. The van der Waals surface area contributed by atoms with E-state index in [1.54, 1.807) is 0 Å². The third-order valence-electron chi connectivity index (χ3n) is 1.48. The highest BCUT2D eigenvalue weighted by Gasteiger charge is 2.26. The van der Waals surface area contributed by atoms with Crippen LogP contribution in [0.5, 0.6) is 0 Å². The van der Waals surface area contributed by atoms with E-state index in [-0.39, 0.29) is 11.3 Å². The topological polar surface area (TPSA) is 35.5 Å². The van der Waals surface area contributed by atoms with Gasteiger partial charge in [0, 0.05) is 6.92 Å². The van der Waals surface area contributed by atoms with E-state index in [0.29, 0.717) is 6.61 Å². The van der Waals surface area contributed by atoms with E-state index in [2.05, 4.69) is 0 Å². The number of hydrogen-bond donors (Lipinski definition) is 0. The van der Waals surface area contributed by atoms with Crippen molar-refractivity contribution in [3.05, 3.63) is 0 Å². The fraction of sp³-hybridized carbons (Fsp3) is 0.857. The van der Waals surface area contributed by atoms with E-state index in [9.17, 15) is 4.79 Å². The number of esters is 1. The van der Waals surface area contributed by atoms with E-state index in [4.69, 9.17) is 21.1 Å². The average molecular weight is 179 g/mol. The Bertz CT molecular complexity index is 149. The zero-order valence-corrected chi connectivity index (χ0v) is 7.13. The van der Waals surface area contributed by atoms with Crippen LogP contribution in [0.15, 0.2) is 0 Å². The molecule has 0 unspecified atom stereocenters. The van der Waals surface area contributed by atoms with E-state index < -0.39 is 6.29 Å². The van der Waals surface area contributed by atoms with Gasteiger partial charge in [0.25, 0.3) is 0 Å². The van der Waals surface area contributed by atoms with Gasteiger partial charge < -0.3 is 9.47 Å². The highest BCUT2D eigenvalue weighted by Crippen LogP contribution is 2.20. The Kier molecular flexibility index (Phi) is 3.15. The summed E-state index contributed by atoms with van der Waals surface area (Å²) in [5, 5.41) is -0.187. The van der Waals surface area contributed by atoms with Crippen LogP contribution in [0, 0.1) is 0 Å². The Morgan fingerprint density at radius 1 is 1.73 bits per heavy atom. The van der Waals surface area contributed by atoms with Crippen LogP contribution in [-0.2, 0) is 14.3 Å². The molecule has 1 heterocycles. The molecule has 0 spiro atoms. The zero-order chi connectivity index (χ0) is 8.27. The Hall–Kier alpha value is -0.280. The number of carbonyl (C=O) groups is 1. The second-order valence-electron chi connectivity index (χ2n) is 2.51. The molecule has 1 rings (SSSR count). The molecular weight excluding hydrogens is 168 g/mol. The van der Waals surface area contributed by atoms with E-state index >= 15 is 0 Å². The lowest BCUT2D eigenvalue weighted by Gasteiger charge is -2.26. The molecule has 3 nitrogen and oxygen atoms in total. The number of rotatable bonds is 1. The maximum atomic E-state index is 10.5. The zero-order valence-electron chi connectivity index (χ0n) is 6.38. The third-order valence-corrected chi connectivity index (χ3v) is 1.91. The quantitative estimate of drug-likeness (QED) is 0.449. The summed E-state index contributed by atoms with van der Waals surface area (Å²) in [5.74, 6) is -0.345. The molecule has 1 saturated heterocycles. The van der Waals surface area contributed by atoms with Crippen LogP contribution in [0.3, 0.4) is 0 Å².